The zero-order chi connectivity index (χ0) is 8.69. The topological polar surface area (TPSA) is 20.3 Å². The highest BCUT2D eigenvalue weighted by Crippen LogP contribution is 1.83. The molecule has 0 bridgehead atoms. The van der Waals surface area contributed by atoms with Crippen molar-refractivity contribution in [3.63, 3.8) is 0 Å². The van der Waals surface area contributed by atoms with Gasteiger partial charge in [-0.2, -0.15) is 0 Å². The number of hydrogen-bond acceptors (Lipinski definition) is 2. The molecule has 0 saturated carbocycles. The summed E-state index contributed by atoms with van der Waals surface area (Å²) < 4.78 is 0. The van der Waals surface area contributed by atoms with Crippen LogP contribution in [0.2, 0.25) is 0 Å². The van der Waals surface area contributed by atoms with E-state index in [1.54, 1.807) is 23.3 Å². The van der Waals surface area contributed by atoms with Crippen LogP contribution >= 0.6 is 0 Å². The van der Waals surface area contributed by atoms with Gasteiger partial charge in [0.15, 0.2) is 5.78 Å². The normalized spacial score (nSPS) is 10.7. The quantitative estimate of drug-likeness (QED) is 0.447. The van der Waals surface area contributed by atoms with E-state index < -0.39 is 0 Å². The van der Waals surface area contributed by atoms with Crippen LogP contribution in [0, 0.1) is 0 Å². The highest BCUT2D eigenvalue weighted by atomic mass is 16.1. The molecule has 2 heteroatoms. The first kappa shape index (κ1) is 9.69. The van der Waals surface area contributed by atoms with E-state index >= 15 is 0 Å². The molecular formula is C9H13NO. The maximum absolute atomic E-state index is 10.9. The molecule has 0 unspecified atom stereocenters. The Kier molecular flexibility index (Phi) is 4.82. The Hall–Kier alpha value is -1.31. The summed E-state index contributed by atoms with van der Waals surface area (Å²) in [4.78, 5) is 12.7. The highest BCUT2D eigenvalue weighted by Gasteiger charge is 1.85. The highest BCUT2D eigenvalue weighted by molar-refractivity contribution is 5.99. The van der Waals surface area contributed by atoms with Crippen LogP contribution in [0.15, 0.2) is 37.1 Å². The van der Waals surface area contributed by atoms with Crippen LogP contribution in [0.4, 0.5) is 0 Å². The van der Waals surface area contributed by atoms with Gasteiger partial charge < -0.3 is 4.90 Å². The summed E-state index contributed by atoms with van der Waals surface area (Å²) in [7, 11) is 3.72. The summed E-state index contributed by atoms with van der Waals surface area (Å²) in [5, 5.41) is 0. The molecule has 0 heterocycles. The Morgan fingerprint density at radius 2 is 2.00 bits per heavy atom. The van der Waals surface area contributed by atoms with Crippen molar-refractivity contribution in [3.8, 4) is 0 Å². The van der Waals surface area contributed by atoms with E-state index in [1.807, 2.05) is 14.1 Å². The number of ketones is 1. The molecule has 0 aliphatic carbocycles. The van der Waals surface area contributed by atoms with E-state index in [-0.39, 0.29) is 5.78 Å². The Morgan fingerprint density at radius 3 is 2.45 bits per heavy atom. The molecule has 0 N–H and O–H groups in total. The van der Waals surface area contributed by atoms with Crippen LogP contribution in [0.25, 0.3) is 0 Å². The lowest BCUT2D eigenvalue weighted by molar-refractivity contribution is -0.110. The van der Waals surface area contributed by atoms with E-state index in [2.05, 4.69) is 6.58 Å². The molecule has 0 spiro atoms. The Bertz CT molecular complexity index is 190. The minimum Gasteiger partial charge on any atom is -0.383 e. The van der Waals surface area contributed by atoms with Gasteiger partial charge in [0.25, 0.3) is 0 Å². The van der Waals surface area contributed by atoms with Crippen molar-refractivity contribution in [2.75, 3.05) is 14.1 Å². The van der Waals surface area contributed by atoms with Crippen molar-refractivity contribution in [2.24, 2.45) is 0 Å². The summed E-state index contributed by atoms with van der Waals surface area (Å²) in [6.45, 7) is 3.45. The third-order valence-corrected chi connectivity index (χ3v) is 0.934. The van der Waals surface area contributed by atoms with Gasteiger partial charge in [-0.1, -0.05) is 18.7 Å². The second kappa shape index (κ2) is 5.47. The molecule has 2 nitrogen and oxygen atoms in total. The summed E-state index contributed by atoms with van der Waals surface area (Å²) in [5.74, 6) is -0.0291. The standard InChI is InChI=1S/C9H13NO/c1-4-5-6-9(11)7-8-10(2)3/h4-8H,1H2,2-3H3/b6-5?,8-7+. The van der Waals surface area contributed by atoms with Crippen molar-refractivity contribution >= 4 is 5.78 Å². The average Bonchev–Trinajstić information content (AvgIpc) is 1.97. The van der Waals surface area contributed by atoms with Gasteiger partial charge >= 0.3 is 0 Å². The predicted molar refractivity (Wildman–Crippen MR) is 47.2 cm³/mol. The zero-order valence-electron chi connectivity index (χ0n) is 6.95. The van der Waals surface area contributed by atoms with Crippen molar-refractivity contribution in [2.45, 2.75) is 0 Å². The molecule has 11 heavy (non-hydrogen) atoms. The Balaban J connectivity index is 3.87. The van der Waals surface area contributed by atoms with E-state index in [0.29, 0.717) is 0 Å². The Morgan fingerprint density at radius 1 is 1.36 bits per heavy atom. The molecule has 0 rings (SSSR count). The fraction of sp³-hybridized carbons (Fsp3) is 0.222. The summed E-state index contributed by atoms with van der Waals surface area (Å²) >= 11 is 0. The van der Waals surface area contributed by atoms with Crippen molar-refractivity contribution in [1.82, 2.24) is 4.90 Å². The smallest absolute Gasteiger partial charge is 0.180 e. The molecule has 0 aliphatic heterocycles. The molecule has 60 valence electrons. The SMILES string of the molecule is C=CC=CC(=O)/C=C/N(C)C. The summed E-state index contributed by atoms with van der Waals surface area (Å²) in [6.07, 6.45) is 7.85. The average molecular weight is 151 g/mol. The van der Waals surface area contributed by atoms with E-state index in [1.165, 1.54) is 12.2 Å². The van der Waals surface area contributed by atoms with Crippen LogP contribution in [0.5, 0.6) is 0 Å². The molecule has 0 saturated heterocycles. The number of carbonyl (C=O) groups is 1. The monoisotopic (exact) mass is 151 g/mol. The summed E-state index contributed by atoms with van der Waals surface area (Å²) in [5.41, 5.74) is 0. The van der Waals surface area contributed by atoms with Gasteiger partial charge in [-0.15, -0.1) is 0 Å². The van der Waals surface area contributed by atoms with Gasteiger partial charge in [-0.05, 0) is 6.08 Å². The van der Waals surface area contributed by atoms with Crippen molar-refractivity contribution in [3.05, 3.63) is 37.1 Å². The fourth-order valence-electron chi connectivity index (χ4n) is 0.441. The first-order valence-electron chi connectivity index (χ1n) is 3.34. The van der Waals surface area contributed by atoms with E-state index in [0.717, 1.165) is 0 Å². The Labute approximate surface area is 67.5 Å². The van der Waals surface area contributed by atoms with Gasteiger partial charge in [0.05, 0.1) is 0 Å². The molecule has 0 aliphatic rings. The molecule has 0 atom stereocenters. The number of nitrogens with zero attached hydrogens (tertiary/aromatic N) is 1. The molecule has 0 radical (unpaired) electrons. The van der Waals surface area contributed by atoms with Crippen LogP contribution in [-0.2, 0) is 4.79 Å². The van der Waals surface area contributed by atoms with Crippen molar-refractivity contribution < 1.29 is 4.79 Å². The minimum absolute atomic E-state index is 0.0291. The molecule has 0 aromatic rings. The lowest BCUT2D eigenvalue weighted by Crippen LogP contribution is -2.01. The number of hydrogen-bond donors (Lipinski definition) is 0. The number of allylic oxidation sites excluding steroid dienone is 4. The lowest BCUT2D eigenvalue weighted by Gasteiger charge is -2.00. The largest absolute Gasteiger partial charge is 0.383 e. The van der Waals surface area contributed by atoms with Crippen LogP contribution in [0.3, 0.4) is 0 Å². The second-order valence-corrected chi connectivity index (χ2v) is 2.28. The van der Waals surface area contributed by atoms with Gasteiger partial charge in [0, 0.05) is 26.4 Å². The van der Waals surface area contributed by atoms with Gasteiger partial charge in [-0.25, -0.2) is 0 Å². The third-order valence-electron chi connectivity index (χ3n) is 0.934. The van der Waals surface area contributed by atoms with Crippen LogP contribution in [-0.4, -0.2) is 24.8 Å². The van der Waals surface area contributed by atoms with Gasteiger partial charge in [-0.3, -0.25) is 4.79 Å². The predicted octanol–water partition coefficient (Wildman–Crippen LogP) is 1.37. The molecular weight excluding hydrogens is 138 g/mol. The zero-order valence-corrected chi connectivity index (χ0v) is 6.95. The minimum atomic E-state index is -0.0291. The summed E-state index contributed by atoms with van der Waals surface area (Å²) in [6, 6.07) is 0. The molecule has 0 amide bonds. The molecule has 0 aromatic carbocycles. The number of rotatable bonds is 4. The lowest BCUT2D eigenvalue weighted by atomic mass is 10.3. The van der Waals surface area contributed by atoms with Gasteiger partial charge in [0.1, 0.15) is 0 Å². The van der Waals surface area contributed by atoms with Crippen LogP contribution < -0.4 is 0 Å². The number of carbonyl (C=O) groups excluding carboxylic acids is 1. The van der Waals surface area contributed by atoms with Crippen LogP contribution in [0.1, 0.15) is 0 Å². The fourth-order valence-corrected chi connectivity index (χ4v) is 0.441. The molecule has 0 aromatic heterocycles. The maximum Gasteiger partial charge on any atom is 0.180 e. The third kappa shape index (κ3) is 6.58. The van der Waals surface area contributed by atoms with Gasteiger partial charge in [0.2, 0.25) is 0 Å². The maximum atomic E-state index is 10.9. The second-order valence-electron chi connectivity index (χ2n) is 2.28. The van der Waals surface area contributed by atoms with E-state index in [9.17, 15) is 4.79 Å². The van der Waals surface area contributed by atoms with Crippen molar-refractivity contribution in [1.29, 1.82) is 0 Å². The first-order valence-corrected chi connectivity index (χ1v) is 3.34. The molecule has 0 fully saturated rings. The first-order chi connectivity index (χ1) is 5.16. The van der Waals surface area contributed by atoms with E-state index in [4.69, 9.17) is 0 Å².